The number of amides is 1. The largest absolute Gasteiger partial charge is 0.497 e. The second kappa shape index (κ2) is 9.49. The van der Waals surface area contributed by atoms with E-state index < -0.39 is 5.91 Å². The molecule has 2 heterocycles. The fourth-order valence-electron chi connectivity index (χ4n) is 3.90. The molecule has 2 N–H and O–H groups in total. The first-order valence-corrected chi connectivity index (χ1v) is 11.3. The molecule has 2 aromatic carbocycles. The van der Waals surface area contributed by atoms with Crippen LogP contribution in [0.4, 0.5) is 5.69 Å². The van der Waals surface area contributed by atoms with Gasteiger partial charge in [-0.15, -0.1) is 0 Å². The Morgan fingerprint density at radius 3 is 2.71 bits per heavy atom. The number of nitrogens with zero attached hydrogens (tertiary/aromatic N) is 1. The number of hydrogen-bond acceptors (Lipinski definition) is 5. The summed E-state index contributed by atoms with van der Waals surface area (Å²) in [5.41, 5.74) is 3.60. The van der Waals surface area contributed by atoms with E-state index in [1.165, 1.54) is 12.3 Å². The summed E-state index contributed by atoms with van der Waals surface area (Å²) < 4.78 is 5.37. The van der Waals surface area contributed by atoms with Gasteiger partial charge in [0.2, 0.25) is 0 Å². The average Bonchev–Trinajstić information content (AvgIpc) is 2.79. The number of allylic oxidation sites excluding steroid dienone is 1. The number of ketones is 1. The first-order chi connectivity index (χ1) is 16.1. The fraction of sp³-hybridized carbons (Fsp3) is 0.192. The molecule has 1 aliphatic heterocycles. The number of carbonyl (C=O) groups excluding carboxylic acids is 2. The third kappa shape index (κ3) is 5.24. The minimum absolute atomic E-state index is 0.0407. The highest BCUT2D eigenvalue weighted by Gasteiger charge is 2.28. The standard InChI is InChI=1S/C26H23Cl2N3O3/c1-26(2)13-16-7-8-19(34-3)11-20(16)22(31-26)12-23(32)15-5-4-6-18(9-15)30-25(33)21-10-17(27)14-29-24(21)28/h4-12,14,31H,13H2,1-3H3,(H,30,33)/b22-12-. The summed E-state index contributed by atoms with van der Waals surface area (Å²) in [6, 6.07) is 14.0. The van der Waals surface area contributed by atoms with E-state index in [1.54, 1.807) is 37.5 Å². The molecule has 1 aromatic heterocycles. The van der Waals surface area contributed by atoms with Crippen molar-refractivity contribution in [1.29, 1.82) is 0 Å². The van der Waals surface area contributed by atoms with Crippen molar-refractivity contribution in [2.45, 2.75) is 25.8 Å². The SMILES string of the molecule is COc1ccc2c(c1)/C(=C/C(=O)c1cccc(NC(=O)c3cc(Cl)cnc3Cl)c1)NC(C)(C)C2. The number of methoxy groups -OCH3 is 1. The van der Waals surface area contributed by atoms with Gasteiger partial charge in [0.25, 0.3) is 5.91 Å². The van der Waals surface area contributed by atoms with Crippen LogP contribution in [0.15, 0.2) is 60.8 Å². The number of fused-ring (bicyclic) bond motifs is 1. The first kappa shape index (κ1) is 23.8. The quantitative estimate of drug-likeness (QED) is 0.265. The fourth-order valence-corrected chi connectivity index (χ4v) is 4.25. The van der Waals surface area contributed by atoms with Crippen molar-refractivity contribution in [2.24, 2.45) is 0 Å². The Morgan fingerprint density at radius 2 is 1.94 bits per heavy atom. The molecule has 0 bridgehead atoms. The number of carbonyl (C=O) groups is 2. The molecule has 0 spiro atoms. The summed E-state index contributed by atoms with van der Waals surface area (Å²) in [5.74, 6) is 0.0460. The molecule has 1 aliphatic rings. The van der Waals surface area contributed by atoms with Crippen molar-refractivity contribution in [3.63, 3.8) is 0 Å². The van der Waals surface area contributed by atoms with Crippen LogP contribution >= 0.6 is 23.2 Å². The van der Waals surface area contributed by atoms with Gasteiger partial charge in [-0.2, -0.15) is 0 Å². The molecule has 0 atom stereocenters. The maximum Gasteiger partial charge on any atom is 0.258 e. The van der Waals surface area contributed by atoms with E-state index in [0.29, 0.717) is 16.3 Å². The Balaban J connectivity index is 1.61. The van der Waals surface area contributed by atoms with Crippen LogP contribution in [0.2, 0.25) is 10.2 Å². The van der Waals surface area contributed by atoms with Crippen LogP contribution in [0.5, 0.6) is 5.75 Å². The Labute approximate surface area is 207 Å². The van der Waals surface area contributed by atoms with Crippen molar-refractivity contribution in [1.82, 2.24) is 10.3 Å². The first-order valence-electron chi connectivity index (χ1n) is 10.6. The third-order valence-electron chi connectivity index (χ3n) is 5.44. The van der Waals surface area contributed by atoms with Crippen LogP contribution in [0.1, 0.15) is 45.7 Å². The molecule has 0 fully saturated rings. The summed E-state index contributed by atoms with van der Waals surface area (Å²) in [5, 5.41) is 6.54. The van der Waals surface area contributed by atoms with Gasteiger partial charge >= 0.3 is 0 Å². The maximum atomic E-state index is 13.2. The van der Waals surface area contributed by atoms with Crippen molar-refractivity contribution in [2.75, 3.05) is 12.4 Å². The Bertz CT molecular complexity index is 1320. The van der Waals surface area contributed by atoms with Gasteiger partial charge in [0.05, 0.1) is 17.7 Å². The average molecular weight is 496 g/mol. The highest BCUT2D eigenvalue weighted by atomic mass is 35.5. The van der Waals surface area contributed by atoms with Crippen LogP contribution in [0, 0.1) is 0 Å². The summed E-state index contributed by atoms with van der Waals surface area (Å²) in [4.78, 5) is 29.7. The summed E-state index contributed by atoms with van der Waals surface area (Å²) in [6.07, 6.45) is 3.76. The normalized spacial score (nSPS) is 15.3. The molecule has 0 aliphatic carbocycles. The van der Waals surface area contributed by atoms with E-state index >= 15 is 0 Å². The molecule has 4 rings (SSSR count). The summed E-state index contributed by atoms with van der Waals surface area (Å²) >= 11 is 12.0. The van der Waals surface area contributed by atoms with E-state index in [9.17, 15) is 9.59 Å². The molecule has 174 valence electrons. The highest BCUT2D eigenvalue weighted by Crippen LogP contribution is 2.32. The number of benzene rings is 2. The molecule has 0 radical (unpaired) electrons. The lowest BCUT2D eigenvalue weighted by molar-refractivity contribution is 0.102. The van der Waals surface area contributed by atoms with Crippen LogP contribution in [-0.2, 0) is 6.42 Å². The number of aromatic nitrogens is 1. The van der Waals surface area contributed by atoms with Gasteiger partial charge in [-0.25, -0.2) is 4.98 Å². The topological polar surface area (TPSA) is 80.3 Å². The van der Waals surface area contributed by atoms with Gasteiger partial charge in [0, 0.05) is 40.3 Å². The lowest BCUT2D eigenvalue weighted by atomic mass is 9.85. The molecule has 3 aromatic rings. The number of halogens is 2. The lowest BCUT2D eigenvalue weighted by Crippen LogP contribution is -2.43. The van der Waals surface area contributed by atoms with Gasteiger partial charge in [0.1, 0.15) is 10.9 Å². The van der Waals surface area contributed by atoms with E-state index in [2.05, 4.69) is 29.5 Å². The number of nitrogens with one attached hydrogen (secondary N) is 2. The van der Waals surface area contributed by atoms with Crippen LogP contribution in [0.25, 0.3) is 5.70 Å². The van der Waals surface area contributed by atoms with Gasteiger partial charge < -0.3 is 15.4 Å². The van der Waals surface area contributed by atoms with Crippen molar-refractivity contribution < 1.29 is 14.3 Å². The van der Waals surface area contributed by atoms with Gasteiger partial charge in [0.15, 0.2) is 5.78 Å². The Morgan fingerprint density at radius 1 is 1.15 bits per heavy atom. The molecule has 8 heteroatoms. The minimum Gasteiger partial charge on any atom is -0.497 e. The van der Waals surface area contributed by atoms with Crippen LogP contribution in [0.3, 0.4) is 0 Å². The van der Waals surface area contributed by atoms with Crippen molar-refractivity contribution in [3.8, 4) is 5.75 Å². The number of ether oxygens (including phenoxy) is 1. The maximum absolute atomic E-state index is 13.2. The van der Waals surface area contributed by atoms with Gasteiger partial charge in [-0.05, 0) is 56.2 Å². The van der Waals surface area contributed by atoms with Crippen LogP contribution < -0.4 is 15.4 Å². The molecule has 0 saturated heterocycles. The Kier molecular flexibility index (Phi) is 6.64. The molecule has 0 unspecified atom stereocenters. The van der Waals surface area contributed by atoms with Crippen LogP contribution in [-0.4, -0.2) is 29.3 Å². The molecular weight excluding hydrogens is 473 g/mol. The number of pyridine rings is 1. The second-order valence-corrected chi connectivity index (χ2v) is 9.45. The molecule has 1 amide bonds. The zero-order chi connectivity index (χ0) is 24.5. The number of hydrogen-bond donors (Lipinski definition) is 2. The molecule has 0 saturated carbocycles. The zero-order valence-electron chi connectivity index (χ0n) is 18.9. The predicted molar refractivity (Wildman–Crippen MR) is 135 cm³/mol. The monoisotopic (exact) mass is 495 g/mol. The highest BCUT2D eigenvalue weighted by molar-refractivity contribution is 6.35. The Hall–Kier alpha value is -3.35. The van der Waals surface area contributed by atoms with Gasteiger partial charge in [-0.3, -0.25) is 9.59 Å². The van der Waals surface area contributed by atoms with E-state index in [-0.39, 0.29) is 22.0 Å². The van der Waals surface area contributed by atoms with Crippen molar-refractivity contribution in [3.05, 3.63) is 93.2 Å². The van der Waals surface area contributed by atoms with Crippen molar-refractivity contribution >= 4 is 46.3 Å². The molecule has 6 nitrogen and oxygen atoms in total. The molecular formula is C26H23Cl2N3O3. The van der Waals surface area contributed by atoms with Gasteiger partial charge in [-0.1, -0.05) is 41.4 Å². The minimum atomic E-state index is -0.473. The second-order valence-electron chi connectivity index (χ2n) is 8.66. The summed E-state index contributed by atoms with van der Waals surface area (Å²) in [6.45, 7) is 4.18. The smallest absolute Gasteiger partial charge is 0.258 e. The number of rotatable bonds is 5. The van der Waals surface area contributed by atoms with E-state index in [0.717, 1.165) is 29.0 Å². The zero-order valence-corrected chi connectivity index (χ0v) is 20.4. The van der Waals surface area contributed by atoms with E-state index in [4.69, 9.17) is 27.9 Å². The summed E-state index contributed by atoms with van der Waals surface area (Å²) in [7, 11) is 1.61. The lowest BCUT2D eigenvalue weighted by Gasteiger charge is -2.35. The molecule has 34 heavy (non-hydrogen) atoms. The predicted octanol–water partition coefficient (Wildman–Crippen LogP) is 5.80. The third-order valence-corrected chi connectivity index (χ3v) is 5.95. The van der Waals surface area contributed by atoms with E-state index in [1.807, 2.05) is 18.2 Å². The number of anilines is 1.